The van der Waals surface area contributed by atoms with Gasteiger partial charge in [0.2, 0.25) is 0 Å². The predicted octanol–water partition coefficient (Wildman–Crippen LogP) is 5.29. The number of aromatic nitrogens is 4. The SMILES string of the molecule is C=C(/C=c1/c(C(=C)Nc2cncc(-c3cccc(F)c3)c2C)n[nH]/c1=C/C)c1cncc(CN2CCCC2)c1. The van der Waals surface area contributed by atoms with Crippen molar-refractivity contribution in [3.05, 3.63) is 107 Å². The van der Waals surface area contributed by atoms with Crippen LogP contribution in [-0.4, -0.2) is 38.2 Å². The van der Waals surface area contributed by atoms with Crippen LogP contribution in [0, 0.1) is 12.7 Å². The van der Waals surface area contributed by atoms with Crippen molar-refractivity contribution < 1.29 is 4.39 Å². The number of anilines is 1. The molecule has 3 aromatic heterocycles. The minimum absolute atomic E-state index is 0.285. The van der Waals surface area contributed by atoms with Gasteiger partial charge in [-0.05, 0) is 91.9 Å². The summed E-state index contributed by atoms with van der Waals surface area (Å²) in [4.78, 5) is 11.3. The van der Waals surface area contributed by atoms with Gasteiger partial charge in [0.15, 0.2) is 0 Å². The van der Waals surface area contributed by atoms with Crippen LogP contribution >= 0.6 is 0 Å². The van der Waals surface area contributed by atoms with Crippen LogP contribution in [0.4, 0.5) is 10.1 Å². The molecule has 6 nitrogen and oxygen atoms in total. The number of rotatable bonds is 8. The van der Waals surface area contributed by atoms with Gasteiger partial charge in [-0.2, -0.15) is 5.10 Å². The van der Waals surface area contributed by atoms with E-state index in [1.165, 1.54) is 30.5 Å². The maximum atomic E-state index is 13.9. The van der Waals surface area contributed by atoms with Gasteiger partial charge in [-0.15, -0.1) is 0 Å². The third-order valence-corrected chi connectivity index (χ3v) is 7.13. The molecule has 39 heavy (non-hydrogen) atoms. The number of allylic oxidation sites excluding steroid dienone is 1. The van der Waals surface area contributed by atoms with Gasteiger partial charge in [-0.1, -0.05) is 31.4 Å². The molecule has 0 bridgehead atoms. The lowest BCUT2D eigenvalue weighted by Gasteiger charge is -2.15. The fourth-order valence-electron chi connectivity index (χ4n) is 4.99. The van der Waals surface area contributed by atoms with E-state index in [1.54, 1.807) is 18.5 Å². The van der Waals surface area contributed by atoms with E-state index in [4.69, 9.17) is 0 Å². The number of halogens is 1. The van der Waals surface area contributed by atoms with Gasteiger partial charge >= 0.3 is 0 Å². The Morgan fingerprint density at radius 3 is 2.67 bits per heavy atom. The Labute approximate surface area is 228 Å². The van der Waals surface area contributed by atoms with Crippen molar-refractivity contribution in [1.29, 1.82) is 0 Å². The van der Waals surface area contributed by atoms with Crippen molar-refractivity contribution in [2.24, 2.45) is 0 Å². The molecule has 1 aliphatic heterocycles. The Morgan fingerprint density at radius 2 is 1.90 bits per heavy atom. The average molecular weight is 521 g/mol. The molecule has 0 aliphatic carbocycles. The van der Waals surface area contributed by atoms with Gasteiger partial charge in [0.1, 0.15) is 11.5 Å². The Morgan fingerprint density at radius 1 is 1.10 bits per heavy atom. The summed E-state index contributed by atoms with van der Waals surface area (Å²) in [6, 6.07) is 8.67. The molecule has 1 aromatic carbocycles. The molecule has 0 radical (unpaired) electrons. The smallest absolute Gasteiger partial charge is 0.123 e. The van der Waals surface area contributed by atoms with Crippen molar-refractivity contribution in [3.8, 4) is 11.1 Å². The Balaban J connectivity index is 1.43. The number of benzene rings is 1. The summed E-state index contributed by atoms with van der Waals surface area (Å²) in [6.07, 6.45) is 13.8. The molecule has 0 saturated carbocycles. The zero-order chi connectivity index (χ0) is 27.4. The summed E-state index contributed by atoms with van der Waals surface area (Å²) in [5.41, 5.74) is 7.62. The van der Waals surface area contributed by atoms with Crippen LogP contribution in [0.1, 0.15) is 42.1 Å². The highest BCUT2D eigenvalue weighted by molar-refractivity contribution is 5.88. The molecular weight excluding hydrogens is 487 g/mol. The largest absolute Gasteiger partial charge is 0.353 e. The molecule has 5 rings (SSSR count). The monoisotopic (exact) mass is 520 g/mol. The first-order valence-electron chi connectivity index (χ1n) is 13.2. The normalized spacial score (nSPS) is 14.6. The summed E-state index contributed by atoms with van der Waals surface area (Å²) in [6.45, 7) is 15.7. The fourth-order valence-corrected chi connectivity index (χ4v) is 4.99. The predicted molar refractivity (Wildman–Crippen MR) is 157 cm³/mol. The number of aromatic amines is 1. The first-order chi connectivity index (χ1) is 18.9. The number of pyridine rings is 2. The fraction of sp³-hybridized carbons (Fsp3) is 0.219. The van der Waals surface area contributed by atoms with Gasteiger partial charge in [0, 0.05) is 35.9 Å². The van der Waals surface area contributed by atoms with Crippen LogP contribution in [-0.2, 0) is 6.54 Å². The van der Waals surface area contributed by atoms with Gasteiger partial charge in [-0.25, -0.2) is 4.39 Å². The summed E-state index contributed by atoms with van der Waals surface area (Å²) in [5.74, 6) is -0.285. The Hall–Kier alpha value is -4.36. The quantitative estimate of drug-likeness (QED) is 0.331. The van der Waals surface area contributed by atoms with Crippen molar-refractivity contribution in [2.45, 2.75) is 33.2 Å². The number of H-pyrrole nitrogens is 1. The van der Waals surface area contributed by atoms with E-state index in [1.807, 2.05) is 44.5 Å². The van der Waals surface area contributed by atoms with E-state index in [0.29, 0.717) is 11.4 Å². The standard InChI is InChI=1S/C32H33FN6/c1-5-30-28(13-21(2)26-14-24(16-34-17-26)20-39-11-6-7-12-39)32(38-37-30)23(4)36-31-19-35-18-29(22(31)3)25-9-8-10-27(33)15-25/h5,8-10,13-19,36-37H,2,4,6-7,11-12,20H2,1,3H3/b28-13+,30-5+. The number of hydrogen-bond acceptors (Lipinski definition) is 5. The van der Waals surface area contributed by atoms with E-state index in [9.17, 15) is 4.39 Å². The van der Waals surface area contributed by atoms with Gasteiger partial charge < -0.3 is 5.32 Å². The van der Waals surface area contributed by atoms with E-state index in [0.717, 1.165) is 63.7 Å². The molecule has 0 amide bonds. The second-order valence-corrected chi connectivity index (χ2v) is 9.90. The van der Waals surface area contributed by atoms with E-state index in [2.05, 4.69) is 49.6 Å². The van der Waals surface area contributed by atoms with E-state index < -0.39 is 0 Å². The minimum atomic E-state index is -0.285. The maximum Gasteiger partial charge on any atom is 0.123 e. The summed E-state index contributed by atoms with van der Waals surface area (Å²) in [5, 5.41) is 12.8. The van der Waals surface area contributed by atoms with Crippen molar-refractivity contribution in [1.82, 2.24) is 25.1 Å². The highest BCUT2D eigenvalue weighted by atomic mass is 19.1. The average Bonchev–Trinajstić information content (AvgIpc) is 3.60. The van der Waals surface area contributed by atoms with Gasteiger partial charge in [0.25, 0.3) is 0 Å². The molecule has 0 atom stereocenters. The second kappa shape index (κ2) is 11.6. The topological polar surface area (TPSA) is 69.7 Å². The van der Waals surface area contributed by atoms with Crippen molar-refractivity contribution in [3.63, 3.8) is 0 Å². The lowest BCUT2D eigenvalue weighted by Crippen LogP contribution is -2.25. The highest BCUT2D eigenvalue weighted by Gasteiger charge is 2.14. The third-order valence-electron chi connectivity index (χ3n) is 7.13. The zero-order valence-corrected chi connectivity index (χ0v) is 22.5. The first kappa shape index (κ1) is 26.3. The molecule has 1 fully saturated rings. The maximum absolute atomic E-state index is 13.9. The van der Waals surface area contributed by atoms with E-state index in [-0.39, 0.29) is 5.82 Å². The lowest BCUT2D eigenvalue weighted by molar-refractivity contribution is 0.331. The molecule has 198 valence electrons. The molecule has 2 N–H and O–H groups in total. The Kier molecular flexibility index (Phi) is 7.79. The molecule has 4 aromatic rings. The van der Waals surface area contributed by atoms with Crippen LogP contribution in [0.15, 0.2) is 68.3 Å². The van der Waals surface area contributed by atoms with Crippen molar-refractivity contribution >= 4 is 29.1 Å². The van der Waals surface area contributed by atoms with Gasteiger partial charge in [0.05, 0.1) is 22.9 Å². The summed E-state index contributed by atoms with van der Waals surface area (Å²) in [7, 11) is 0. The van der Waals surface area contributed by atoms with Crippen LogP contribution in [0.3, 0.4) is 0 Å². The molecule has 1 aliphatic rings. The first-order valence-corrected chi connectivity index (χ1v) is 13.2. The number of nitrogens with one attached hydrogen (secondary N) is 2. The lowest BCUT2D eigenvalue weighted by atomic mass is 10.0. The zero-order valence-electron chi connectivity index (χ0n) is 22.5. The molecular formula is C32H33FN6. The number of hydrogen-bond donors (Lipinski definition) is 2. The number of likely N-dealkylation sites (tertiary alicyclic amines) is 1. The summed E-state index contributed by atoms with van der Waals surface area (Å²) >= 11 is 0. The summed E-state index contributed by atoms with van der Waals surface area (Å²) < 4.78 is 13.9. The van der Waals surface area contributed by atoms with Gasteiger partial charge in [-0.3, -0.25) is 20.0 Å². The van der Waals surface area contributed by atoms with Crippen LogP contribution in [0.2, 0.25) is 0 Å². The highest BCUT2D eigenvalue weighted by Crippen LogP contribution is 2.29. The molecule has 4 heterocycles. The molecule has 7 heteroatoms. The third kappa shape index (κ3) is 5.89. The number of nitrogens with zero attached hydrogens (tertiary/aromatic N) is 4. The minimum Gasteiger partial charge on any atom is -0.353 e. The van der Waals surface area contributed by atoms with E-state index >= 15 is 0 Å². The molecule has 0 unspecified atom stereocenters. The van der Waals surface area contributed by atoms with Crippen molar-refractivity contribution in [2.75, 3.05) is 18.4 Å². The molecule has 0 spiro atoms. The van der Waals surface area contributed by atoms with Crippen LogP contribution < -0.4 is 15.9 Å². The molecule has 1 saturated heterocycles. The second-order valence-electron chi connectivity index (χ2n) is 9.90. The Bertz CT molecular complexity index is 1650. The van der Waals surface area contributed by atoms with Crippen LogP contribution in [0.25, 0.3) is 34.5 Å². The van der Waals surface area contributed by atoms with Crippen LogP contribution in [0.5, 0.6) is 0 Å².